The van der Waals surface area contributed by atoms with E-state index in [9.17, 15) is 0 Å². The largest absolute Gasteiger partial charge is 0.372 e. The molecule has 1 N–H and O–H groups in total. The van der Waals surface area contributed by atoms with E-state index in [1.54, 1.807) is 6.07 Å². The van der Waals surface area contributed by atoms with Crippen molar-refractivity contribution < 1.29 is 4.74 Å². The van der Waals surface area contributed by atoms with Crippen LogP contribution in [0.3, 0.4) is 0 Å². The summed E-state index contributed by atoms with van der Waals surface area (Å²) < 4.78 is 5.97. The lowest BCUT2D eigenvalue weighted by Crippen LogP contribution is -2.26. The maximum Gasteiger partial charge on any atom is 0.102 e. The van der Waals surface area contributed by atoms with Crippen molar-refractivity contribution >= 4 is 23.2 Å². The highest BCUT2D eigenvalue weighted by Crippen LogP contribution is 2.37. The highest BCUT2D eigenvalue weighted by molar-refractivity contribution is 6.42. The summed E-state index contributed by atoms with van der Waals surface area (Å²) in [6.07, 6.45) is -0.128. The lowest BCUT2D eigenvalue weighted by atomic mass is 9.95. The van der Waals surface area contributed by atoms with Gasteiger partial charge in [0.05, 0.1) is 16.1 Å². The van der Waals surface area contributed by atoms with E-state index in [0.717, 1.165) is 11.1 Å². The molecular formula is C17H19Cl2NO. The van der Waals surface area contributed by atoms with Gasteiger partial charge in [0.1, 0.15) is 6.10 Å². The first-order chi connectivity index (χ1) is 10.2. The van der Waals surface area contributed by atoms with Gasteiger partial charge in [-0.05, 0) is 31.2 Å². The summed E-state index contributed by atoms with van der Waals surface area (Å²) in [7, 11) is 1.90. The van der Waals surface area contributed by atoms with Gasteiger partial charge in [-0.2, -0.15) is 0 Å². The molecule has 0 aliphatic carbocycles. The predicted octanol–water partition coefficient (Wildman–Crippen LogP) is 5.03. The molecule has 0 fully saturated rings. The van der Waals surface area contributed by atoms with Gasteiger partial charge in [0.2, 0.25) is 0 Å². The number of hydrogen-bond acceptors (Lipinski definition) is 2. The zero-order valence-electron chi connectivity index (χ0n) is 12.1. The van der Waals surface area contributed by atoms with E-state index >= 15 is 0 Å². The van der Waals surface area contributed by atoms with E-state index in [1.807, 2.05) is 44.3 Å². The highest BCUT2D eigenvalue weighted by atomic mass is 35.5. The van der Waals surface area contributed by atoms with Crippen LogP contribution in [0.1, 0.15) is 30.2 Å². The second-order valence-electron chi connectivity index (χ2n) is 4.70. The summed E-state index contributed by atoms with van der Waals surface area (Å²) in [5.41, 5.74) is 2.05. The zero-order valence-corrected chi connectivity index (χ0v) is 13.7. The Kier molecular flexibility index (Phi) is 6.07. The molecule has 0 heterocycles. The fourth-order valence-corrected chi connectivity index (χ4v) is 2.86. The first-order valence-corrected chi connectivity index (χ1v) is 7.72. The van der Waals surface area contributed by atoms with Gasteiger partial charge in [0.25, 0.3) is 0 Å². The highest BCUT2D eigenvalue weighted by Gasteiger charge is 2.26. The molecule has 0 spiro atoms. The molecule has 2 nitrogen and oxygen atoms in total. The van der Waals surface area contributed by atoms with Crippen molar-refractivity contribution in [2.75, 3.05) is 13.7 Å². The zero-order chi connectivity index (χ0) is 15.2. The molecule has 2 atom stereocenters. The topological polar surface area (TPSA) is 21.3 Å². The van der Waals surface area contributed by atoms with Crippen LogP contribution in [0.4, 0.5) is 0 Å². The summed E-state index contributed by atoms with van der Waals surface area (Å²) >= 11 is 12.5. The second kappa shape index (κ2) is 7.81. The van der Waals surface area contributed by atoms with Crippen molar-refractivity contribution in [3.8, 4) is 0 Å². The summed E-state index contributed by atoms with van der Waals surface area (Å²) in [5.74, 6) is 0. The number of likely N-dealkylation sites (N-methyl/N-ethyl adjacent to an activating group) is 1. The Morgan fingerprint density at radius 2 is 1.76 bits per heavy atom. The lowest BCUT2D eigenvalue weighted by Gasteiger charge is -2.28. The van der Waals surface area contributed by atoms with E-state index in [1.165, 1.54) is 0 Å². The smallest absolute Gasteiger partial charge is 0.102 e. The van der Waals surface area contributed by atoms with E-state index in [0.29, 0.717) is 16.7 Å². The van der Waals surface area contributed by atoms with Gasteiger partial charge in [0.15, 0.2) is 0 Å². The van der Waals surface area contributed by atoms with Crippen molar-refractivity contribution in [1.82, 2.24) is 5.32 Å². The van der Waals surface area contributed by atoms with Gasteiger partial charge in [-0.1, -0.05) is 65.7 Å². The van der Waals surface area contributed by atoms with Gasteiger partial charge in [0, 0.05) is 6.61 Å². The van der Waals surface area contributed by atoms with Crippen LogP contribution >= 0.6 is 23.2 Å². The van der Waals surface area contributed by atoms with Crippen LogP contribution in [0, 0.1) is 0 Å². The van der Waals surface area contributed by atoms with Crippen LogP contribution < -0.4 is 5.32 Å². The Labute approximate surface area is 136 Å². The molecular weight excluding hydrogens is 305 g/mol. The molecule has 0 radical (unpaired) electrons. The number of benzene rings is 2. The van der Waals surface area contributed by atoms with E-state index in [2.05, 4.69) is 17.4 Å². The molecule has 2 aromatic carbocycles. The predicted molar refractivity (Wildman–Crippen MR) is 89.1 cm³/mol. The molecule has 2 unspecified atom stereocenters. The molecule has 2 aromatic rings. The Balaban J connectivity index is 2.43. The molecule has 0 amide bonds. The standard InChI is InChI=1S/C17H19Cl2NO/c1-3-21-17(12-8-5-4-6-9-12)16(20-2)13-10-7-11-14(18)15(13)19/h4-11,16-17,20H,3H2,1-2H3. The Morgan fingerprint density at radius 1 is 1.05 bits per heavy atom. The average Bonchev–Trinajstić information content (AvgIpc) is 2.52. The minimum atomic E-state index is -0.128. The summed E-state index contributed by atoms with van der Waals surface area (Å²) in [6, 6.07) is 15.7. The number of halogens is 2. The number of rotatable bonds is 6. The van der Waals surface area contributed by atoms with Crippen LogP contribution in [0.5, 0.6) is 0 Å². The fourth-order valence-electron chi connectivity index (χ4n) is 2.44. The number of ether oxygens (including phenoxy) is 1. The molecule has 21 heavy (non-hydrogen) atoms. The van der Waals surface area contributed by atoms with Gasteiger partial charge < -0.3 is 10.1 Å². The van der Waals surface area contributed by atoms with Gasteiger partial charge in [-0.25, -0.2) is 0 Å². The summed E-state index contributed by atoms with van der Waals surface area (Å²) in [5, 5.41) is 4.42. The van der Waals surface area contributed by atoms with Gasteiger partial charge in [-0.3, -0.25) is 0 Å². The van der Waals surface area contributed by atoms with Crippen LogP contribution in [0.25, 0.3) is 0 Å². The monoisotopic (exact) mass is 323 g/mol. The Morgan fingerprint density at radius 3 is 2.38 bits per heavy atom. The minimum Gasteiger partial charge on any atom is -0.372 e. The Hall–Kier alpha value is -1.06. The van der Waals surface area contributed by atoms with E-state index in [-0.39, 0.29) is 12.1 Å². The molecule has 112 valence electrons. The lowest BCUT2D eigenvalue weighted by molar-refractivity contribution is 0.0347. The molecule has 4 heteroatoms. The molecule has 0 saturated carbocycles. The SMILES string of the molecule is CCOC(c1ccccc1)C(NC)c1cccc(Cl)c1Cl. The number of hydrogen-bond donors (Lipinski definition) is 1. The molecule has 0 aliphatic heterocycles. The maximum absolute atomic E-state index is 6.37. The quantitative estimate of drug-likeness (QED) is 0.804. The van der Waals surface area contributed by atoms with Crippen molar-refractivity contribution in [1.29, 1.82) is 0 Å². The van der Waals surface area contributed by atoms with E-state index < -0.39 is 0 Å². The van der Waals surface area contributed by atoms with Crippen molar-refractivity contribution in [2.45, 2.75) is 19.1 Å². The van der Waals surface area contributed by atoms with Crippen molar-refractivity contribution in [2.24, 2.45) is 0 Å². The molecule has 0 bridgehead atoms. The average molecular weight is 324 g/mol. The second-order valence-corrected chi connectivity index (χ2v) is 5.48. The van der Waals surface area contributed by atoms with Gasteiger partial charge >= 0.3 is 0 Å². The van der Waals surface area contributed by atoms with Crippen LogP contribution in [-0.4, -0.2) is 13.7 Å². The Bertz CT molecular complexity index is 574. The first-order valence-electron chi connectivity index (χ1n) is 6.96. The first kappa shape index (κ1) is 16.3. The molecule has 0 saturated heterocycles. The van der Waals surface area contributed by atoms with Crippen molar-refractivity contribution in [3.05, 3.63) is 69.7 Å². The third kappa shape index (κ3) is 3.78. The normalized spacial score (nSPS) is 13.9. The third-order valence-corrected chi connectivity index (χ3v) is 4.24. The maximum atomic E-state index is 6.37. The minimum absolute atomic E-state index is 0.0708. The van der Waals surface area contributed by atoms with Crippen molar-refractivity contribution in [3.63, 3.8) is 0 Å². The van der Waals surface area contributed by atoms with Crippen LogP contribution in [0.15, 0.2) is 48.5 Å². The van der Waals surface area contributed by atoms with Gasteiger partial charge in [-0.15, -0.1) is 0 Å². The number of nitrogens with one attached hydrogen (secondary N) is 1. The molecule has 2 rings (SSSR count). The third-order valence-electron chi connectivity index (χ3n) is 3.40. The summed E-state index contributed by atoms with van der Waals surface area (Å²) in [6.45, 7) is 2.61. The fraction of sp³-hybridized carbons (Fsp3) is 0.294. The summed E-state index contributed by atoms with van der Waals surface area (Å²) in [4.78, 5) is 0. The van der Waals surface area contributed by atoms with Crippen LogP contribution in [-0.2, 0) is 4.74 Å². The van der Waals surface area contributed by atoms with Crippen LogP contribution in [0.2, 0.25) is 10.0 Å². The van der Waals surface area contributed by atoms with E-state index in [4.69, 9.17) is 27.9 Å². The molecule has 0 aliphatic rings. The molecule has 0 aromatic heterocycles.